The van der Waals surface area contributed by atoms with Gasteiger partial charge in [-0.2, -0.15) is 0 Å². The summed E-state index contributed by atoms with van der Waals surface area (Å²) < 4.78 is 0. The van der Waals surface area contributed by atoms with Crippen LogP contribution in [0.2, 0.25) is 0 Å². The van der Waals surface area contributed by atoms with Crippen molar-refractivity contribution in [3.63, 3.8) is 0 Å². The number of carboxylic acids is 2. The predicted octanol–water partition coefficient (Wildman–Crippen LogP) is 3.89. The number of hydrogen-bond acceptors (Lipinski definition) is 6. The zero-order valence-electron chi connectivity index (χ0n) is 24.1. The smallest absolute Gasteiger partial charge is 0.548 e. The minimum Gasteiger partial charge on any atom is -0.548 e. The summed E-state index contributed by atoms with van der Waals surface area (Å²) in [4.78, 5) is 37.3. The molecule has 0 aliphatic carbocycles. The number of carbonyl (C=O) groups is 2. The molecule has 0 aliphatic heterocycles. The average molecular weight is 646 g/mol. The summed E-state index contributed by atoms with van der Waals surface area (Å²) in [5.41, 5.74) is 5.58. The summed E-state index contributed by atoms with van der Waals surface area (Å²) in [5.74, 6) is -2.33. The van der Waals surface area contributed by atoms with Crippen LogP contribution < -0.4 is 10.2 Å². The van der Waals surface area contributed by atoms with Gasteiger partial charge in [-0.15, -0.1) is 0 Å². The topological polar surface area (TPSA) is 137 Å². The first-order chi connectivity index (χ1) is 21.5. The summed E-state index contributed by atoms with van der Waals surface area (Å²) in [6, 6.07) is 32.7. The minimum atomic E-state index is -1.17. The third-order valence-corrected chi connectivity index (χ3v) is 7.12. The second-order valence-electron chi connectivity index (χ2n) is 10.2. The Morgan fingerprint density at radius 1 is 0.578 bits per heavy atom. The van der Waals surface area contributed by atoms with Gasteiger partial charge in [-0.05, 0) is 23.3 Å². The normalized spacial score (nSPS) is 12.4. The quantitative estimate of drug-likeness (QED) is 0.173. The van der Waals surface area contributed by atoms with Gasteiger partial charge in [-0.25, -0.2) is 0 Å². The number of para-hydroxylation sites is 2. The number of carbonyl (C=O) groups excluding carboxylic acids is 2. The van der Waals surface area contributed by atoms with Gasteiger partial charge in [-0.1, -0.05) is 97.1 Å². The third kappa shape index (κ3) is 8.89. The Labute approximate surface area is 271 Å². The Hall–Kier alpha value is -5.24. The molecule has 2 aromatic heterocycles. The first-order valence-electron chi connectivity index (χ1n) is 14.2. The van der Waals surface area contributed by atoms with E-state index in [0.717, 1.165) is 44.1 Å². The molecule has 4 aromatic carbocycles. The van der Waals surface area contributed by atoms with Crippen molar-refractivity contribution < 1.29 is 36.9 Å². The zero-order chi connectivity index (χ0) is 30.7. The van der Waals surface area contributed by atoms with E-state index in [9.17, 15) is 19.8 Å². The monoisotopic (exact) mass is 645 g/mol. The number of aliphatic imine (C=N–C) groups is 2. The summed E-state index contributed by atoms with van der Waals surface area (Å²) in [5, 5.41) is 24.6. The SMILES string of the molecule is O=C([O-])[C@H](Cc1ccccc1)N=Cc1c[nH]c2ccccc12.O=C([O-])[C@H](Cc1ccccc1)N=Cc1c[nH]c2ccccc12.[Cu+2]. The molecule has 0 saturated carbocycles. The van der Waals surface area contributed by atoms with E-state index < -0.39 is 24.0 Å². The largest absolute Gasteiger partial charge is 2.00 e. The molecule has 9 heteroatoms. The Morgan fingerprint density at radius 3 is 1.31 bits per heavy atom. The van der Waals surface area contributed by atoms with Gasteiger partial charge < -0.3 is 29.8 Å². The van der Waals surface area contributed by atoms with Crippen molar-refractivity contribution >= 4 is 46.2 Å². The maximum Gasteiger partial charge on any atom is 2.00 e. The van der Waals surface area contributed by atoms with E-state index in [2.05, 4.69) is 20.0 Å². The van der Waals surface area contributed by atoms with Gasteiger partial charge in [0.1, 0.15) is 0 Å². The van der Waals surface area contributed by atoms with Crippen molar-refractivity contribution in [3.05, 3.63) is 144 Å². The second kappa shape index (κ2) is 16.0. The van der Waals surface area contributed by atoms with Crippen LogP contribution >= 0.6 is 0 Å². The molecule has 229 valence electrons. The van der Waals surface area contributed by atoms with Crippen molar-refractivity contribution in [2.45, 2.75) is 24.9 Å². The van der Waals surface area contributed by atoms with E-state index in [1.807, 2.05) is 122 Å². The Morgan fingerprint density at radius 2 is 0.933 bits per heavy atom. The van der Waals surface area contributed by atoms with Crippen LogP contribution in [-0.4, -0.2) is 46.4 Å². The molecule has 2 N–H and O–H groups in total. The van der Waals surface area contributed by atoms with Crippen LogP contribution in [0.4, 0.5) is 0 Å². The number of nitrogens with zero attached hydrogens (tertiary/aromatic N) is 2. The Bertz CT molecular complexity index is 1760. The maximum absolute atomic E-state index is 11.3. The number of hydrogen-bond donors (Lipinski definition) is 2. The molecule has 6 aromatic rings. The molecule has 0 bridgehead atoms. The minimum absolute atomic E-state index is 0. The van der Waals surface area contributed by atoms with Crippen LogP contribution in [0.15, 0.2) is 132 Å². The van der Waals surface area contributed by atoms with E-state index in [-0.39, 0.29) is 17.1 Å². The molecule has 45 heavy (non-hydrogen) atoms. The summed E-state index contributed by atoms with van der Waals surface area (Å²) in [6.45, 7) is 0. The number of aromatic amines is 2. The zero-order valence-corrected chi connectivity index (χ0v) is 25.0. The van der Waals surface area contributed by atoms with Crippen molar-refractivity contribution in [3.8, 4) is 0 Å². The fraction of sp³-hybridized carbons (Fsp3) is 0.111. The number of rotatable bonds is 10. The van der Waals surface area contributed by atoms with Crippen molar-refractivity contribution in [2.75, 3.05) is 0 Å². The van der Waals surface area contributed by atoms with Gasteiger partial charge in [-0.3, -0.25) is 9.98 Å². The first kappa shape index (κ1) is 32.7. The molecule has 0 fully saturated rings. The molecule has 0 unspecified atom stereocenters. The number of fused-ring (bicyclic) bond motifs is 2. The van der Waals surface area contributed by atoms with Crippen molar-refractivity contribution in [1.29, 1.82) is 0 Å². The predicted molar refractivity (Wildman–Crippen MR) is 170 cm³/mol. The summed E-state index contributed by atoms with van der Waals surface area (Å²) in [6.07, 6.45) is 7.49. The summed E-state index contributed by atoms with van der Waals surface area (Å²) >= 11 is 0. The number of carboxylic acid groups (broad SMARTS) is 2. The van der Waals surface area contributed by atoms with Crippen LogP contribution in [0.5, 0.6) is 0 Å². The van der Waals surface area contributed by atoms with E-state index in [0.29, 0.717) is 12.8 Å². The molecule has 0 spiro atoms. The number of nitrogens with one attached hydrogen (secondary N) is 2. The van der Waals surface area contributed by atoms with Crippen LogP contribution in [-0.2, 0) is 39.5 Å². The molecular formula is C36H30CuN4O4. The standard InChI is InChI=1S/2C18H16N2O2.Cu/c2*21-18(22)17(10-13-6-2-1-3-7-13)20-12-14-11-19-16-9-5-4-8-15(14)16;/h2*1-9,11-12,17,19H,10H2,(H,21,22);/q;;+2/p-2/t2*17-;/m00./s1. The maximum atomic E-state index is 11.3. The molecule has 2 atom stereocenters. The summed E-state index contributed by atoms with van der Waals surface area (Å²) in [7, 11) is 0. The first-order valence-corrected chi connectivity index (χ1v) is 14.2. The van der Waals surface area contributed by atoms with Crippen molar-refractivity contribution in [2.24, 2.45) is 9.98 Å². The van der Waals surface area contributed by atoms with Crippen LogP contribution in [0, 0.1) is 0 Å². The molecular weight excluding hydrogens is 616 g/mol. The molecule has 0 saturated heterocycles. The van der Waals surface area contributed by atoms with Crippen molar-refractivity contribution in [1.82, 2.24) is 9.97 Å². The van der Waals surface area contributed by atoms with Gasteiger partial charge >= 0.3 is 17.1 Å². The van der Waals surface area contributed by atoms with E-state index in [1.54, 1.807) is 12.4 Å². The molecule has 8 nitrogen and oxygen atoms in total. The average Bonchev–Trinajstić information content (AvgIpc) is 3.66. The van der Waals surface area contributed by atoms with Gasteiger partial charge in [0.05, 0.1) is 24.0 Å². The van der Waals surface area contributed by atoms with Gasteiger partial charge in [0.2, 0.25) is 0 Å². The number of aliphatic carboxylic acids is 2. The molecule has 0 amide bonds. The fourth-order valence-corrected chi connectivity index (χ4v) is 4.81. The van der Waals surface area contributed by atoms with Crippen LogP contribution in [0.3, 0.4) is 0 Å². The Balaban J connectivity index is 0.000000200. The van der Waals surface area contributed by atoms with Gasteiger partial charge in [0.25, 0.3) is 0 Å². The molecule has 1 radical (unpaired) electrons. The number of H-pyrrole nitrogens is 2. The van der Waals surface area contributed by atoms with Gasteiger partial charge in [0, 0.05) is 70.6 Å². The van der Waals surface area contributed by atoms with Gasteiger partial charge in [0.15, 0.2) is 0 Å². The third-order valence-electron chi connectivity index (χ3n) is 7.12. The van der Waals surface area contributed by atoms with E-state index in [4.69, 9.17) is 0 Å². The molecule has 2 heterocycles. The number of benzene rings is 4. The fourth-order valence-electron chi connectivity index (χ4n) is 4.81. The van der Waals surface area contributed by atoms with Crippen LogP contribution in [0.1, 0.15) is 22.3 Å². The Kier molecular flexibility index (Phi) is 11.6. The molecule has 0 aliphatic rings. The second-order valence-corrected chi connectivity index (χ2v) is 10.2. The number of aromatic nitrogens is 2. The van der Waals surface area contributed by atoms with E-state index >= 15 is 0 Å². The van der Waals surface area contributed by atoms with Crippen LogP contribution in [0.25, 0.3) is 21.8 Å². The van der Waals surface area contributed by atoms with E-state index in [1.165, 1.54) is 0 Å². The molecule has 6 rings (SSSR count).